The molecule has 0 aliphatic carbocycles. The normalized spacial score (nSPS) is 9.38. The van der Waals surface area contributed by atoms with Gasteiger partial charge in [-0.15, -0.1) is 0 Å². The van der Waals surface area contributed by atoms with Crippen LogP contribution < -0.4 is 0 Å². The fourth-order valence-corrected chi connectivity index (χ4v) is 1.77. The van der Waals surface area contributed by atoms with Gasteiger partial charge in [0.2, 0.25) is 0 Å². The molecule has 0 aliphatic heterocycles. The van der Waals surface area contributed by atoms with Crippen molar-refractivity contribution in [3.63, 3.8) is 0 Å². The number of halogens is 2. The van der Waals surface area contributed by atoms with E-state index in [1.807, 2.05) is 48.5 Å². The van der Waals surface area contributed by atoms with Crippen LogP contribution in [0, 0.1) is 11.8 Å². The van der Waals surface area contributed by atoms with Crippen molar-refractivity contribution in [3.8, 4) is 11.8 Å². The molecule has 0 amide bonds. The van der Waals surface area contributed by atoms with Crippen LogP contribution >= 0.6 is 27.5 Å². The molecule has 0 spiro atoms. The summed E-state index contributed by atoms with van der Waals surface area (Å²) in [5.74, 6) is 6.18. The fourth-order valence-electron chi connectivity index (χ4n) is 1.25. The molecule has 2 aromatic rings. The monoisotopic (exact) mass is 290 g/mol. The molecule has 0 heterocycles. The van der Waals surface area contributed by atoms with Crippen molar-refractivity contribution in [1.29, 1.82) is 0 Å². The van der Waals surface area contributed by atoms with Gasteiger partial charge in [0.05, 0.1) is 0 Å². The van der Waals surface area contributed by atoms with Crippen LogP contribution in [-0.2, 0) is 0 Å². The molecule has 2 heteroatoms. The van der Waals surface area contributed by atoms with Crippen molar-refractivity contribution in [1.82, 2.24) is 0 Å². The molecule has 2 aromatic carbocycles. The van der Waals surface area contributed by atoms with E-state index in [0.29, 0.717) is 5.02 Å². The lowest BCUT2D eigenvalue weighted by atomic mass is 10.2. The quantitative estimate of drug-likeness (QED) is 0.627. The van der Waals surface area contributed by atoms with Crippen LogP contribution in [0.1, 0.15) is 11.1 Å². The van der Waals surface area contributed by atoms with Crippen molar-refractivity contribution in [2.45, 2.75) is 0 Å². The van der Waals surface area contributed by atoms with Gasteiger partial charge in [-0.25, -0.2) is 0 Å². The summed E-state index contributed by atoms with van der Waals surface area (Å²) in [6.07, 6.45) is 0. The fraction of sp³-hybridized carbons (Fsp3) is 0. The second-order valence-corrected chi connectivity index (χ2v) is 4.53. The summed E-state index contributed by atoms with van der Waals surface area (Å²) in [5, 5.41) is 0.695. The number of benzene rings is 2. The third-order valence-corrected chi connectivity index (χ3v) is 2.97. The molecule has 2 rings (SSSR count). The highest BCUT2D eigenvalue weighted by Gasteiger charge is 1.96. The zero-order chi connectivity index (χ0) is 11.4. The molecular formula is C14H8BrCl. The maximum absolute atomic E-state index is 5.91. The average molecular weight is 292 g/mol. The Kier molecular flexibility index (Phi) is 3.66. The first-order valence-corrected chi connectivity index (χ1v) is 5.95. The van der Waals surface area contributed by atoms with Gasteiger partial charge in [-0.3, -0.25) is 0 Å². The first-order chi connectivity index (χ1) is 7.75. The molecule has 16 heavy (non-hydrogen) atoms. The minimum atomic E-state index is 0.695. The zero-order valence-electron chi connectivity index (χ0n) is 8.37. The Balaban J connectivity index is 2.34. The molecule has 0 bridgehead atoms. The molecule has 0 fully saturated rings. The molecule has 0 N–H and O–H groups in total. The summed E-state index contributed by atoms with van der Waals surface area (Å²) >= 11 is 9.35. The minimum absolute atomic E-state index is 0.695. The van der Waals surface area contributed by atoms with Crippen LogP contribution in [0.5, 0.6) is 0 Å². The van der Waals surface area contributed by atoms with Crippen LogP contribution in [0.3, 0.4) is 0 Å². The molecule has 0 aliphatic rings. The first kappa shape index (κ1) is 11.3. The van der Waals surface area contributed by atoms with E-state index < -0.39 is 0 Å². The van der Waals surface area contributed by atoms with E-state index in [1.54, 1.807) is 0 Å². The maximum atomic E-state index is 5.91. The highest BCUT2D eigenvalue weighted by molar-refractivity contribution is 9.10. The summed E-state index contributed by atoms with van der Waals surface area (Å²) in [5.41, 5.74) is 1.89. The second kappa shape index (κ2) is 5.21. The molecule has 0 radical (unpaired) electrons. The van der Waals surface area contributed by atoms with E-state index in [9.17, 15) is 0 Å². The average Bonchev–Trinajstić information content (AvgIpc) is 2.32. The Morgan fingerprint density at radius 1 is 0.938 bits per heavy atom. The maximum Gasteiger partial charge on any atom is 0.0419 e. The van der Waals surface area contributed by atoms with Gasteiger partial charge in [-0.2, -0.15) is 0 Å². The highest BCUT2D eigenvalue weighted by atomic mass is 79.9. The first-order valence-electron chi connectivity index (χ1n) is 4.78. The summed E-state index contributed by atoms with van der Waals surface area (Å²) in [6.45, 7) is 0. The molecule has 0 nitrogen and oxygen atoms in total. The lowest BCUT2D eigenvalue weighted by Crippen LogP contribution is -1.78. The molecule has 0 saturated carbocycles. The topological polar surface area (TPSA) is 0 Å². The van der Waals surface area contributed by atoms with Crippen molar-refractivity contribution < 1.29 is 0 Å². The Morgan fingerprint density at radius 2 is 1.69 bits per heavy atom. The highest BCUT2D eigenvalue weighted by Crippen LogP contribution is 2.20. The second-order valence-electron chi connectivity index (χ2n) is 3.24. The number of hydrogen-bond acceptors (Lipinski definition) is 0. The Bertz CT molecular complexity index is 550. The molecule has 78 valence electrons. The summed E-state index contributed by atoms with van der Waals surface area (Å²) < 4.78 is 0.959. The summed E-state index contributed by atoms with van der Waals surface area (Å²) in [7, 11) is 0. The van der Waals surface area contributed by atoms with Gasteiger partial charge in [0.15, 0.2) is 0 Å². The van der Waals surface area contributed by atoms with E-state index in [0.717, 1.165) is 15.6 Å². The number of rotatable bonds is 0. The van der Waals surface area contributed by atoms with Crippen LogP contribution in [-0.4, -0.2) is 0 Å². The van der Waals surface area contributed by atoms with Crippen molar-refractivity contribution in [2.24, 2.45) is 0 Å². The molecule has 0 atom stereocenters. The van der Waals surface area contributed by atoms with Crippen LogP contribution in [0.25, 0.3) is 0 Å². The SMILES string of the molecule is Clc1ccc(Br)c(C#Cc2ccccc2)c1. The van der Waals surface area contributed by atoms with E-state index >= 15 is 0 Å². The zero-order valence-corrected chi connectivity index (χ0v) is 10.7. The summed E-state index contributed by atoms with van der Waals surface area (Å²) in [6, 6.07) is 15.4. The predicted molar refractivity (Wildman–Crippen MR) is 71.6 cm³/mol. The van der Waals surface area contributed by atoms with Crippen LogP contribution in [0.4, 0.5) is 0 Å². The molecule has 0 saturated heterocycles. The van der Waals surface area contributed by atoms with Crippen molar-refractivity contribution >= 4 is 27.5 Å². The molecule has 0 unspecified atom stereocenters. The predicted octanol–water partition coefficient (Wildman–Crippen LogP) is 4.50. The van der Waals surface area contributed by atoms with Crippen LogP contribution in [0.15, 0.2) is 53.0 Å². The number of hydrogen-bond donors (Lipinski definition) is 0. The van der Waals surface area contributed by atoms with Gasteiger partial charge < -0.3 is 0 Å². The van der Waals surface area contributed by atoms with Gasteiger partial charge in [0.1, 0.15) is 0 Å². The molecular weight excluding hydrogens is 284 g/mol. The van der Waals surface area contributed by atoms with E-state index in [4.69, 9.17) is 11.6 Å². The Labute approximate surface area is 108 Å². The van der Waals surface area contributed by atoms with Gasteiger partial charge in [-0.1, -0.05) is 41.6 Å². The van der Waals surface area contributed by atoms with Gasteiger partial charge in [0, 0.05) is 20.6 Å². The van der Waals surface area contributed by atoms with Gasteiger partial charge >= 0.3 is 0 Å². The largest absolute Gasteiger partial charge is 0.0843 e. The smallest absolute Gasteiger partial charge is 0.0419 e. The van der Waals surface area contributed by atoms with Crippen molar-refractivity contribution in [3.05, 3.63) is 69.2 Å². The Hall–Kier alpha value is -1.23. The van der Waals surface area contributed by atoms with E-state index in [-0.39, 0.29) is 0 Å². The van der Waals surface area contributed by atoms with E-state index in [2.05, 4.69) is 27.8 Å². The lowest BCUT2D eigenvalue weighted by Gasteiger charge is -1.96. The molecule has 0 aromatic heterocycles. The summed E-state index contributed by atoms with van der Waals surface area (Å²) in [4.78, 5) is 0. The van der Waals surface area contributed by atoms with Gasteiger partial charge in [-0.05, 0) is 46.3 Å². The van der Waals surface area contributed by atoms with Crippen molar-refractivity contribution in [2.75, 3.05) is 0 Å². The Morgan fingerprint density at radius 3 is 2.44 bits per heavy atom. The third-order valence-electron chi connectivity index (χ3n) is 2.04. The van der Waals surface area contributed by atoms with Crippen LogP contribution in [0.2, 0.25) is 5.02 Å². The third kappa shape index (κ3) is 2.88. The standard InChI is InChI=1S/C14H8BrCl/c15-14-9-8-13(16)10-12(14)7-6-11-4-2-1-3-5-11/h1-5,8-10H. The minimum Gasteiger partial charge on any atom is -0.0843 e. The van der Waals surface area contributed by atoms with Gasteiger partial charge in [0.25, 0.3) is 0 Å². The van der Waals surface area contributed by atoms with E-state index in [1.165, 1.54) is 0 Å². The lowest BCUT2D eigenvalue weighted by molar-refractivity contribution is 1.58.